The van der Waals surface area contributed by atoms with E-state index in [1.807, 2.05) is 18.2 Å². The summed E-state index contributed by atoms with van der Waals surface area (Å²) in [6.45, 7) is 6.89. The van der Waals surface area contributed by atoms with Crippen molar-refractivity contribution in [3.63, 3.8) is 0 Å². The number of nitrogens with zero attached hydrogens (tertiary/aromatic N) is 1. The Labute approximate surface area is 180 Å². The van der Waals surface area contributed by atoms with E-state index >= 15 is 0 Å². The van der Waals surface area contributed by atoms with E-state index in [-0.39, 0.29) is 24.0 Å². The van der Waals surface area contributed by atoms with Crippen LogP contribution in [0.4, 0.5) is 0 Å². The Morgan fingerprint density at radius 1 is 1.22 bits per heavy atom. The molecule has 1 aliphatic heterocycles. The molecule has 0 radical (unpaired) electrons. The van der Waals surface area contributed by atoms with Gasteiger partial charge in [0.25, 0.3) is 0 Å². The Balaban J connectivity index is 0.00000364. The van der Waals surface area contributed by atoms with Crippen molar-refractivity contribution in [3.8, 4) is 5.75 Å². The molecule has 1 heterocycles. The van der Waals surface area contributed by atoms with Gasteiger partial charge < -0.3 is 24.8 Å². The van der Waals surface area contributed by atoms with Gasteiger partial charge in [-0.15, -0.1) is 24.0 Å². The fraction of sp³-hybridized carbons (Fsp3) is 0.650. The molecule has 2 rings (SSSR count). The first-order chi connectivity index (χ1) is 12.8. The van der Waals surface area contributed by atoms with Crippen LogP contribution in [0, 0.1) is 0 Å². The third-order valence-corrected chi connectivity index (χ3v) is 4.32. The minimum absolute atomic E-state index is 0. The molecule has 1 aromatic rings. The molecule has 0 unspecified atom stereocenters. The van der Waals surface area contributed by atoms with E-state index in [1.54, 1.807) is 7.11 Å². The van der Waals surface area contributed by atoms with E-state index in [0.29, 0.717) is 6.10 Å². The Bertz CT molecular complexity index is 537. The molecule has 0 amide bonds. The third kappa shape index (κ3) is 9.62. The quantitative estimate of drug-likeness (QED) is 0.228. The summed E-state index contributed by atoms with van der Waals surface area (Å²) in [4.78, 5) is 4.63. The molecule has 0 saturated carbocycles. The topological polar surface area (TPSA) is 64.1 Å². The van der Waals surface area contributed by atoms with Crippen LogP contribution >= 0.6 is 24.0 Å². The van der Waals surface area contributed by atoms with E-state index in [0.717, 1.165) is 76.8 Å². The van der Waals surface area contributed by atoms with Gasteiger partial charge in [0.1, 0.15) is 5.75 Å². The molecule has 6 nitrogen and oxygen atoms in total. The van der Waals surface area contributed by atoms with Crippen molar-refractivity contribution in [2.75, 3.05) is 46.6 Å². The van der Waals surface area contributed by atoms with Crippen molar-refractivity contribution in [3.05, 3.63) is 29.8 Å². The number of guanidine groups is 1. The number of hydrogen-bond acceptors (Lipinski definition) is 4. The Morgan fingerprint density at radius 2 is 2.00 bits per heavy atom. The Kier molecular flexibility index (Phi) is 13.3. The molecule has 7 heteroatoms. The summed E-state index contributed by atoms with van der Waals surface area (Å²) < 4.78 is 16.6. The van der Waals surface area contributed by atoms with Gasteiger partial charge in [-0.1, -0.05) is 18.2 Å². The number of benzene rings is 1. The largest absolute Gasteiger partial charge is 0.496 e. The minimum atomic E-state index is 0. The standard InChI is InChI=1S/C20H33N3O3.HI/c1-3-21-20(22-12-6-14-26-18-10-15-25-16-11-18)23-13-9-17-7-4-5-8-19(17)24-2;/h4-5,7-8,18H,3,6,9-16H2,1-2H3,(H2,21,22,23);1H. The van der Waals surface area contributed by atoms with Crippen molar-refractivity contribution in [1.82, 2.24) is 10.6 Å². The Morgan fingerprint density at radius 3 is 2.74 bits per heavy atom. The van der Waals surface area contributed by atoms with Gasteiger partial charge in [-0.25, -0.2) is 0 Å². The number of aliphatic imine (C=N–C) groups is 1. The smallest absolute Gasteiger partial charge is 0.191 e. The normalized spacial score (nSPS) is 15.1. The number of hydrogen-bond donors (Lipinski definition) is 2. The van der Waals surface area contributed by atoms with Crippen LogP contribution < -0.4 is 15.4 Å². The molecule has 0 atom stereocenters. The highest BCUT2D eigenvalue weighted by Gasteiger charge is 2.13. The van der Waals surface area contributed by atoms with E-state index in [2.05, 4.69) is 28.6 Å². The fourth-order valence-corrected chi connectivity index (χ4v) is 2.91. The first kappa shape index (κ1) is 24.0. The predicted molar refractivity (Wildman–Crippen MR) is 121 cm³/mol. The number of rotatable bonds is 10. The van der Waals surface area contributed by atoms with E-state index in [4.69, 9.17) is 14.2 Å². The van der Waals surface area contributed by atoms with Crippen LogP contribution in [0.3, 0.4) is 0 Å². The van der Waals surface area contributed by atoms with Gasteiger partial charge in [0.05, 0.1) is 13.2 Å². The average molecular weight is 491 g/mol. The van der Waals surface area contributed by atoms with E-state index in [9.17, 15) is 0 Å². The summed E-state index contributed by atoms with van der Waals surface area (Å²) >= 11 is 0. The molecule has 1 saturated heterocycles. The molecule has 0 aliphatic carbocycles. The van der Waals surface area contributed by atoms with E-state index in [1.165, 1.54) is 5.56 Å². The number of halogens is 1. The molecule has 1 aromatic carbocycles. The van der Waals surface area contributed by atoms with Gasteiger partial charge in [-0.05, 0) is 44.2 Å². The zero-order valence-corrected chi connectivity index (χ0v) is 18.9. The monoisotopic (exact) mass is 491 g/mol. The minimum Gasteiger partial charge on any atom is -0.496 e. The first-order valence-electron chi connectivity index (χ1n) is 9.67. The lowest BCUT2D eigenvalue weighted by Gasteiger charge is -2.22. The second kappa shape index (κ2) is 14.9. The maximum absolute atomic E-state index is 5.89. The van der Waals surface area contributed by atoms with Crippen molar-refractivity contribution in [2.45, 2.75) is 38.7 Å². The first-order valence-corrected chi connectivity index (χ1v) is 9.67. The number of methoxy groups -OCH3 is 1. The number of nitrogens with one attached hydrogen (secondary N) is 2. The Hall–Kier alpha value is -1.06. The molecule has 2 N–H and O–H groups in total. The zero-order chi connectivity index (χ0) is 18.5. The summed E-state index contributed by atoms with van der Waals surface area (Å²) in [5.74, 6) is 1.79. The lowest BCUT2D eigenvalue weighted by atomic mass is 10.1. The van der Waals surface area contributed by atoms with Gasteiger partial charge in [-0.2, -0.15) is 0 Å². The highest BCUT2D eigenvalue weighted by Crippen LogP contribution is 2.17. The van der Waals surface area contributed by atoms with Crippen LogP contribution in [-0.2, 0) is 15.9 Å². The molecule has 0 aromatic heterocycles. The highest BCUT2D eigenvalue weighted by molar-refractivity contribution is 14.0. The molecule has 1 fully saturated rings. The van der Waals surface area contributed by atoms with Crippen LogP contribution in [0.2, 0.25) is 0 Å². The number of ether oxygens (including phenoxy) is 3. The molecular formula is C20H34IN3O3. The lowest BCUT2D eigenvalue weighted by Crippen LogP contribution is -2.38. The SMILES string of the molecule is CCNC(=NCCCOC1CCOCC1)NCCc1ccccc1OC.I. The molecule has 27 heavy (non-hydrogen) atoms. The predicted octanol–water partition coefficient (Wildman–Crippen LogP) is 3.00. The van der Waals surface area contributed by atoms with Crippen molar-refractivity contribution >= 4 is 29.9 Å². The van der Waals surface area contributed by atoms with Gasteiger partial charge in [-0.3, -0.25) is 4.99 Å². The maximum Gasteiger partial charge on any atom is 0.191 e. The summed E-state index contributed by atoms with van der Waals surface area (Å²) in [6.07, 6.45) is 4.20. The number of para-hydroxylation sites is 1. The van der Waals surface area contributed by atoms with Crippen LogP contribution in [0.25, 0.3) is 0 Å². The van der Waals surface area contributed by atoms with Gasteiger partial charge in [0.2, 0.25) is 0 Å². The maximum atomic E-state index is 5.89. The summed E-state index contributed by atoms with van der Waals surface area (Å²) in [6, 6.07) is 8.12. The lowest BCUT2D eigenvalue weighted by molar-refractivity contribution is -0.0318. The van der Waals surface area contributed by atoms with Crippen LogP contribution in [0.15, 0.2) is 29.3 Å². The van der Waals surface area contributed by atoms with Gasteiger partial charge >= 0.3 is 0 Å². The van der Waals surface area contributed by atoms with Crippen molar-refractivity contribution < 1.29 is 14.2 Å². The molecule has 154 valence electrons. The molecular weight excluding hydrogens is 457 g/mol. The van der Waals surface area contributed by atoms with E-state index < -0.39 is 0 Å². The third-order valence-electron chi connectivity index (χ3n) is 4.32. The zero-order valence-electron chi connectivity index (χ0n) is 16.5. The molecule has 0 spiro atoms. The second-order valence-electron chi connectivity index (χ2n) is 6.29. The van der Waals surface area contributed by atoms with Crippen LogP contribution in [0.5, 0.6) is 5.75 Å². The summed E-state index contributed by atoms with van der Waals surface area (Å²) in [5, 5.41) is 6.67. The summed E-state index contributed by atoms with van der Waals surface area (Å²) in [7, 11) is 1.71. The molecule has 0 bridgehead atoms. The fourth-order valence-electron chi connectivity index (χ4n) is 2.91. The van der Waals surface area contributed by atoms with Gasteiger partial charge in [0.15, 0.2) is 5.96 Å². The summed E-state index contributed by atoms with van der Waals surface area (Å²) in [5.41, 5.74) is 1.20. The molecule has 1 aliphatic rings. The van der Waals surface area contributed by atoms with Crippen LogP contribution in [-0.4, -0.2) is 58.6 Å². The van der Waals surface area contributed by atoms with Gasteiger partial charge in [0, 0.05) is 39.5 Å². The van der Waals surface area contributed by atoms with Crippen LogP contribution in [0.1, 0.15) is 31.7 Å². The highest BCUT2D eigenvalue weighted by atomic mass is 127. The van der Waals surface area contributed by atoms with Crippen molar-refractivity contribution in [1.29, 1.82) is 0 Å². The average Bonchev–Trinajstić information content (AvgIpc) is 2.69. The van der Waals surface area contributed by atoms with Crippen molar-refractivity contribution in [2.24, 2.45) is 4.99 Å². The second-order valence-corrected chi connectivity index (χ2v) is 6.29.